The van der Waals surface area contributed by atoms with Crippen LogP contribution in [0.15, 0.2) is 60.8 Å². The molecule has 2 aromatic carbocycles. The zero-order chi connectivity index (χ0) is 19.5. The lowest BCUT2D eigenvalue weighted by Crippen LogP contribution is -2.21. The van der Waals surface area contributed by atoms with Gasteiger partial charge >= 0.3 is 0 Å². The van der Waals surface area contributed by atoms with Crippen LogP contribution in [0.2, 0.25) is 0 Å². The monoisotopic (exact) mass is 372 g/mol. The van der Waals surface area contributed by atoms with Gasteiger partial charge in [-0.1, -0.05) is 42.5 Å². The van der Waals surface area contributed by atoms with Crippen molar-refractivity contribution >= 4 is 17.4 Å². The molecule has 5 heteroatoms. The van der Waals surface area contributed by atoms with Crippen LogP contribution in [0.5, 0.6) is 0 Å². The Morgan fingerprint density at radius 1 is 1.04 bits per heavy atom. The van der Waals surface area contributed by atoms with E-state index in [2.05, 4.69) is 56.6 Å². The number of carbonyl (C=O) groups is 1. The second-order valence-electron chi connectivity index (χ2n) is 7.41. The quantitative estimate of drug-likeness (QED) is 0.732. The Bertz CT molecular complexity index is 968. The molecule has 1 aromatic heterocycles. The number of benzene rings is 2. The molecule has 0 radical (unpaired) electrons. The fourth-order valence-electron chi connectivity index (χ4n) is 3.59. The van der Waals surface area contributed by atoms with Crippen molar-refractivity contribution in [3.63, 3.8) is 0 Å². The summed E-state index contributed by atoms with van der Waals surface area (Å²) in [6.45, 7) is 0.656. The number of hydrogen-bond acceptors (Lipinski definition) is 5. The van der Waals surface area contributed by atoms with Gasteiger partial charge in [-0.15, -0.1) is 0 Å². The van der Waals surface area contributed by atoms with Gasteiger partial charge in [0.1, 0.15) is 0 Å². The van der Waals surface area contributed by atoms with Gasteiger partial charge in [-0.25, -0.2) is 9.97 Å². The van der Waals surface area contributed by atoms with E-state index in [1.807, 2.05) is 32.3 Å². The molecule has 5 nitrogen and oxygen atoms in total. The summed E-state index contributed by atoms with van der Waals surface area (Å²) in [6, 6.07) is 18.6. The lowest BCUT2D eigenvalue weighted by atomic mass is 9.82. The predicted molar refractivity (Wildman–Crippen MR) is 112 cm³/mol. The van der Waals surface area contributed by atoms with E-state index >= 15 is 0 Å². The zero-order valence-corrected chi connectivity index (χ0v) is 16.2. The molecule has 0 saturated carbocycles. The maximum absolute atomic E-state index is 12.6. The Morgan fingerprint density at radius 3 is 2.50 bits per heavy atom. The molecule has 28 heavy (non-hydrogen) atoms. The molecule has 4 rings (SSSR count). The normalized spacial score (nSPS) is 15.8. The molecular formula is C23H24N4O. The van der Waals surface area contributed by atoms with E-state index in [0.717, 1.165) is 17.8 Å². The Balaban J connectivity index is 1.51. The molecule has 0 fully saturated rings. The lowest BCUT2D eigenvalue weighted by molar-refractivity contribution is 0.0962. The highest BCUT2D eigenvalue weighted by Crippen LogP contribution is 2.32. The number of anilines is 2. The molecule has 1 N–H and O–H groups in total. The van der Waals surface area contributed by atoms with E-state index < -0.39 is 0 Å². The summed E-state index contributed by atoms with van der Waals surface area (Å²) in [7, 11) is 4.05. The number of rotatable bonds is 5. The Morgan fingerprint density at radius 2 is 1.79 bits per heavy atom. The summed E-state index contributed by atoms with van der Waals surface area (Å²) in [5, 5.41) is 3.26. The molecule has 142 valence electrons. The Kier molecular flexibility index (Phi) is 5.06. The van der Waals surface area contributed by atoms with Crippen molar-refractivity contribution in [2.45, 2.75) is 25.3 Å². The number of hydrogen-bond donors (Lipinski definition) is 1. The summed E-state index contributed by atoms with van der Waals surface area (Å²) in [5.41, 5.74) is 5.00. The first-order valence-electron chi connectivity index (χ1n) is 9.54. The van der Waals surface area contributed by atoms with Crippen molar-refractivity contribution in [1.82, 2.24) is 9.97 Å². The molecule has 0 amide bonds. The molecule has 0 aliphatic heterocycles. The number of carbonyl (C=O) groups excluding carboxylic acids is 1. The molecule has 1 unspecified atom stereocenters. The minimum Gasteiger partial charge on any atom is -0.378 e. The molecule has 0 spiro atoms. The standard InChI is InChI=1S/C23H24N4O/c1-27(2)19-10-8-17(9-11-19)18-12-21-20(22(28)13-18)15-25-23(26-21)24-14-16-6-4-3-5-7-16/h3-11,15,18H,12-14H2,1-2H3,(H,24,25,26). The fraction of sp³-hybridized carbons (Fsp3) is 0.261. The van der Waals surface area contributed by atoms with Gasteiger partial charge in [0.15, 0.2) is 5.78 Å². The number of Topliss-reactive ketones (excluding diaryl/α,β-unsaturated/α-hetero) is 1. The molecule has 1 aliphatic carbocycles. The summed E-state index contributed by atoms with van der Waals surface area (Å²) >= 11 is 0. The lowest BCUT2D eigenvalue weighted by Gasteiger charge is -2.24. The first kappa shape index (κ1) is 18.2. The van der Waals surface area contributed by atoms with Crippen molar-refractivity contribution in [3.8, 4) is 0 Å². The second-order valence-corrected chi connectivity index (χ2v) is 7.41. The van der Waals surface area contributed by atoms with Crippen molar-refractivity contribution in [2.24, 2.45) is 0 Å². The highest BCUT2D eigenvalue weighted by Gasteiger charge is 2.28. The average Bonchev–Trinajstić information content (AvgIpc) is 2.73. The SMILES string of the molecule is CN(C)c1ccc(C2CC(=O)c3cnc(NCc4ccccc4)nc3C2)cc1. The van der Waals surface area contributed by atoms with Crippen molar-refractivity contribution in [3.05, 3.63) is 83.2 Å². The molecule has 1 heterocycles. The number of aromatic nitrogens is 2. The van der Waals surface area contributed by atoms with E-state index in [1.54, 1.807) is 6.20 Å². The molecule has 0 saturated heterocycles. The van der Waals surface area contributed by atoms with Crippen LogP contribution >= 0.6 is 0 Å². The highest BCUT2D eigenvalue weighted by atomic mass is 16.1. The van der Waals surface area contributed by atoms with Crippen LogP contribution in [0.4, 0.5) is 11.6 Å². The van der Waals surface area contributed by atoms with Gasteiger partial charge in [-0.05, 0) is 35.6 Å². The number of ketones is 1. The fourth-order valence-corrected chi connectivity index (χ4v) is 3.59. The van der Waals surface area contributed by atoms with Crippen molar-refractivity contribution < 1.29 is 4.79 Å². The van der Waals surface area contributed by atoms with Crippen LogP contribution in [-0.2, 0) is 13.0 Å². The van der Waals surface area contributed by atoms with Crippen LogP contribution in [0.3, 0.4) is 0 Å². The molecular weight excluding hydrogens is 348 g/mol. The Labute approximate surface area is 165 Å². The van der Waals surface area contributed by atoms with Gasteiger partial charge in [0, 0.05) is 38.9 Å². The first-order chi connectivity index (χ1) is 13.6. The maximum Gasteiger partial charge on any atom is 0.223 e. The summed E-state index contributed by atoms with van der Waals surface area (Å²) in [6.07, 6.45) is 2.93. The van der Waals surface area contributed by atoms with E-state index in [0.29, 0.717) is 24.5 Å². The average molecular weight is 372 g/mol. The summed E-state index contributed by atoms with van der Waals surface area (Å²) < 4.78 is 0. The Hall–Kier alpha value is -3.21. The topological polar surface area (TPSA) is 58.1 Å². The van der Waals surface area contributed by atoms with Gasteiger partial charge in [0.2, 0.25) is 5.95 Å². The smallest absolute Gasteiger partial charge is 0.223 e. The molecule has 1 aliphatic rings. The second kappa shape index (κ2) is 7.80. The number of nitrogens with one attached hydrogen (secondary N) is 1. The van der Waals surface area contributed by atoms with Crippen LogP contribution < -0.4 is 10.2 Å². The van der Waals surface area contributed by atoms with Gasteiger partial charge in [-0.2, -0.15) is 0 Å². The largest absolute Gasteiger partial charge is 0.378 e. The number of nitrogens with zero attached hydrogens (tertiary/aromatic N) is 3. The zero-order valence-electron chi connectivity index (χ0n) is 16.2. The minimum atomic E-state index is 0.123. The van der Waals surface area contributed by atoms with Crippen LogP contribution in [0, 0.1) is 0 Å². The van der Waals surface area contributed by atoms with Gasteiger partial charge in [-0.3, -0.25) is 4.79 Å². The van der Waals surface area contributed by atoms with E-state index in [4.69, 9.17) is 0 Å². The van der Waals surface area contributed by atoms with E-state index in [-0.39, 0.29) is 11.7 Å². The maximum atomic E-state index is 12.6. The van der Waals surface area contributed by atoms with Gasteiger partial charge < -0.3 is 10.2 Å². The molecule has 3 aromatic rings. The van der Waals surface area contributed by atoms with Gasteiger partial charge in [0.05, 0.1) is 11.3 Å². The van der Waals surface area contributed by atoms with E-state index in [1.165, 1.54) is 11.1 Å². The third kappa shape index (κ3) is 3.88. The van der Waals surface area contributed by atoms with Crippen molar-refractivity contribution in [1.29, 1.82) is 0 Å². The predicted octanol–water partition coefficient (Wildman–Crippen LogP) is 4.07. The van der Waals surface area contributed by atoms with Gasteiger partial charge in [0.25, 0.3) is 0 Å². The van der Waals surface area contributed by atoms with Crippen LogP contribution in [0.25, 0.3) is 0 Å². The van der Waals surface area contributed by atoms with Crippen molar-refractivity contribution in [2.75, 3.05) is 24.3 Å². The third-order valence-electron chi connectivity index (χ3n) is 5.21. The molecule has 0 bridgehead atoms. The van der Waals surface area contributed by atoms with E-state index in [9.17, 15) is 4.79 Å². The highest BCUT2D eigenvalue weighted by molar-refractivity contribution is 5.98. The summed E-state index contributed by atoms with van der Waals surface area (Å²) in [5.74, 6) is 0.852. The minimum absolute atomic E-state index is 0.123. The third-order valence-corrected chi connectivity index (χ3v) is 5.21. The first-order valence-corrected chi connectivity index (χ1v) is 9.54. The number of fused-ring (bicyclic) bond motifs is 1. The van der Waals surface area contributed by atoms with Crippen LogP contribution in [-0.4, -0.2) is 29.8 Å². The van der Waals surface area contributed by atoms with Crippen LogP contribution in [0.1, 0.15) is 39.5 Å². The molecule has 1 atom stereocenters. The summed E-state index contributed by atoms with van der Waals surface area (Å²) in [4.78, 5) is 23.7.